The Morgan fingerprint density at radius 1 is 1.29 bits per heavy atom. The lowest BCUT2D eigenvalue weighted by molar-refractivity contribution is -0.166. The molecule has 1 aromatic rings. The molecule has 0 saturated heterocycles. The van der Waals surface area contributed by atoms with E-state index < -0.39 is 25.0 Å². The Labute approximate surface area is 120 Å². The average molecular weight is 310 g/mol. The van der Waals surface area contributed by atoms with Crippen LogP contribution in [0, 0.1) is 0 Å². The van der Waals surface area contributed by atoms with Crippen LogP contribution in [0.5, 0.6) is 5.75 Å². The highest BCUT2D eigenvalue weighted by Crippen LogP contribution is 2.24. The van der Waals surface area contributed by atoms with E-state index >= 15 is 0 Å². The summed E-state index contributed by atoms with van der Waals surface area (Å²) in [4.78, 5) is 3.92. The highest BCUT2D eigenvalue weighted by atomic mass is 19.3. The van der Waals surface area contributed by atoms with Crippen molar-refractivity contribution in [3.05, 3.63) is 24.0 Å². The smallest absolute Gasteiger partial charge is 0.330 e. The Hall–Kier alpha value is -1.41. The number of nitrogens with zero attached hydrogens (tertiary/aromatic N) is 1. The SMILES string of the molecule is CC(C)Oc1cncc(C(N)COCC(F)(F)C(F)F)c1. The van der Waals surface area contributed by atoms with Gasteiger partial charge in [0.25, 0.3) is 0 Å². The molecular weight excluding hydrogens is 292 g/mol. The van der Waals surface area contributed by atoms with Gasteiger partial charge in [0, 0.05) is 6.20 Å². The normalized spacial score (nSPS) is 13.8. The fourth-order valence-electron chi connectivity index (χ4n) is 1.46. The van der Waals surface area contributed by atoms with Crippen LogP contribution in [0.25, 0.3) is 0 Å². The van der Waals surface area contributed by atoms with Crippen LogP contribution >= 0.6 is 0 Å². The van der Waals surface area contributed by atoms with Gasteiger partial charge < -0.3 is 15.2 Å². The van der Waals surface area contributed by atoms with Gasteiger partial charge in [0.15, 0.2) is 0 Å². The van der Waals surface area contributed by atoms with E-state index in [0.29, 0.717) is 11.3 Å². The van der Waals surface area contributed by atoms with Gasteiger partial charge in [-0.1, -0.05) is 0 Å². The minimum absolute atomic E-state index is 0.0562. The third kappa shape index (κ3) is 5.84. The fourth-order valence-corrected chi connectivity index (χ4v) is 1.46. The number of halogens is 4. The highest BCUT2D eigenvalue weighted by molar-refractivity contribution is 5.26. The van der Waals surface area contributed by atoms with E-state index in [1.807, 2.05) is 13.8 Å². The van der Waals surface area contributed by atoms with E-state index in [2.05, 4.69) is 9.72 Å². The summed E-state index contributed by atoms with van der Waals surface area (Å²) >= 11 is 0. The van der Waals surface area contributed by atoms with Crippen molar-refractivity contribution in [1.82, 2.24) is 4.98 Å². The molecule has 120 valence electrons. The second kappa shape index (κ2) is 7.56. The molecule has 1 unspecified atom stereocenters. The van der Waals surface area contributed by atoms with Gasteiger partial charge in [0.1, 0.15) is 12.4 Å². The summed E-state index contributed by atoms with van der Waals surface area (Å²) in [5.74, 6) is -3.70. The van der Waals surface area contributed by atoms with E-state index in [-0.39, 0.29) is 12.7 Å². The van der Waals surface area contributed by atoms with Crippen LogP contribution in [-0.2, 0) is 4.74 Å². The number of alkyl halides is 4. The van der Waals surface area contributed by atoms with Crippen molar-refractivity contribution in [2.24, 2.45) is 5.73 Å². The predicted octanol–water partition coefficient (Wildman–Crippen LogP) is 2.79. The van der Waals surface area contributed by atoms with Gasteiger partial charge in [0.2, 0.25) is 0 Å². The molecule has 0 aliphatic heterocycles. The number of pyridine rings is 1. The quantitative estimate of drug-likeness (QED) is 0.750. The standard InChI is InChI=1S/C13H18F4N2O2/c1-8(2)21-10-3-9(4-19-5-10)11(18)6-20-7-13(16,17)12(14)15/h3-5,8,11-12H,6-7,18H2,1-2H3. The van der Waals surface area contributed by atoms with Gasteiger partial charge in [-0.05, 0) is 25.5 Å². The maximum Gasteiger partial charge on any atom is 0.330 e. The van der Waals surface area contributed by atoms with E-state index in [1.54, 1.807) is 6.07 Å². The lowest BCUT2D eigenvalue weighted by atomic mass is 10.1. The lowest BCUT2D eigenvalue weighted by Crippen LogP contribution is -2.33. The third-order valence-corrected chi connectivity index (χ3v) is 2.45. The van der Waals surface area contributed by atoms with Gasteiger partial charge >= 0.3 is 12.3 Å². The second-order valence-corrected chi connectivity index (χ2v) is 4.80. The molecular formula is C13H18F4N2O2. The molecule has 2 N–H and O–H groups in total. The van der Waals surface area contributed by atoms with Crippen LogP contribution in [0.15, 0.2) is 18.5 Å². The van der Waals surface area contributed by atoms with Gasteiger partial charge in [0.05, 0.1) is 24.9 Å². The van der Waals surface area contributed by atoms with Crippen LogP contribution in [0.1, 0.15) is 25.5 Å². The first-order chi connectivity index (χ1) is 9.72. The minimum Gasteiger partial charge on any atom is -0.489 e. The number of hydrogen-bond donors (Lipinski definition) is 1. The van der Waals surface area contributed by atoms with Gasteiger partial charge in [-0.2, -0.15) is 8.78 Å². The Morgan fingerprint density at radius 2 is 1.95 bits per heavy atom. The van der Waals surface area contributed by atoms with E-state index in [4.69, 9.17) is 10.5 Å². The number of ether oxygens (including phenoxy) is 2. The molecule has 1 heterocycles. The van der Waals surface area contributed by atoms with E-state index in [0.717, 1.165) is 0 Å². The zero-order valence-electron chi connectivity index (χ0n) is 11.7. The number of aromatic nitrogens is 1. The van der Waals surface area contributed by atoms with Crippen molar-refractivity contribution in [2.45, 2.75) is 38.3 Å². The summed E-state index contributed by atoms with van der Waals surface area (Å²) in [5, 5.41) is 0. The molecule has 0 saturated carbocycles. The molecule has 0 spiro atoms. The van der Waals surface area contributed by atoms with E-state index in [1.165, 1.54) is 12.4 Å². The average Bonchev–Trinajstić information content (AvgIpc) is 2.37. The van der Waals surface area contributed by atoms with Gasteiger partial charge in [-0.25, -0.2) is 8.78 Å². The number of nitrogens with two attached hydrogens (primary N) is 1. The maximum absolute atomic E-state index is 12.7. The van der Waals surface area contributed by atoms with Crippen LogP contribution < -0.4 is 10.5 Å². The van der Waals surface area contributed by atoms with Crippen molar-refractivity contribution in [2.75, 3.05) is 13.2 Å². The Kier molecular flexibility index (Phi) is 6.35. The molecule has 0 aliphatic rings. The third-order valence-electron chi connectivity index (χ3n) is 2.45. The Bertz CT molecular complexity index is 444. The predicted molar refractivity (Wildman–Crippen MR) is 68.7 cm³/mol. The summed E-state index contributed by atoms with van der Waals surface area (Å²) in [6.45, 7) is 1.97. The van der Waals surface area contributed by atoms with Crippen molar-refractivity contribution >= 4 is 0 Å². The summed E-state index contributed by atoms with van der Waals surface area (Å²) in [7, 11) is 0. The first-order valence-electron chi connectivity index (χ1n) is 6.33. The molecule has 4 nitrogen and oxygen atoms in total. The lowest BCUT2D eigenvalue weighted by Gasteiger charge is -2.18. The molecule has 1 aromatic heterocycles. The molecule has 21 heavy (non-hydrogen) atoms. The van der Waals surface area contributed by atoms with Crippen molar-refractivity contribution in [3.63, 3.8) is 0 Å². The number of rotatable bonds is 8. The highest BCUT2D eigenvalue weighted by Gasteiger charge is 2.41. The van der Waals surface area contributed by atoms with Crippen molar-refractivity contribution in [3.8, 4) is 5.75 Å². The maximum atomic E-state index is 12.7. The number of hydrogen-bond acceptors (Lipinski definition) is 4. The largest absolute Gasteiger partial charge is 0.489 e. The van der Waals surface area contributed by atoms with Gasteiger partial charge in [-0.15, -0.1) is 0 Å². The molecule has 0 fully saturated rings. The molecule has 0 aromatic carbocycles. The zero-order chi connectivity index (χ0) is 16.0. The Morgan fingerprint density at radius 3 is 2.52 bits per heavy atom. The molecule has 0 radical (unpaired) electrons. The monoisotopic (exact) mass is 310 g/mol. The minimum atomic E-state index is -4.18. The Balaban J connectivity index is 2.54. The van der Waals surface area contributed by atoms with Crippen molar-refractivity contribution in [1.29, 1.82) is 0 Å². The summed E-state index contributed by atoms with van der Waals surface area (Å²) in [6.07, 6.45) is -0.897. The molecule has 0 aliphatic carbocycles. The molecule has 1 rings (SSSR count). The first kappa shape index (κ1) is 17.6. The van der Waals surface area contributed by atoms with Gasteiger partial charge in [-0.3, -0.25) is 4.98 Å². The van der Waals surface area contributed by atoms with E-state index in [9.17, 15) is 17.6 Å². The fraction of sp³-hybridized carbons (Fsp3) is 0.615. The van der Waals surface area contributed by atoms with Crippen LogP contribution in [0.4, 0.5) is 17.6 Å². The van der Waals surface area contributed by atoms with Crippen LogP contribution in [0.2, 0.25) is 0 Å². The zero-order valence-corrected chi connectivity index (χ0v) is 11.7. The second-order valence-electron chi connectivity index (χ2n) is 4.80. The molecule has 1 atom stereocenters. The summed E-state index contributed by atoms with van der Waals surface area (Å²) < 4.78 is 59.2. The molecule has 8 heteroatoms. The topological polar surface area (TPSA) is 57.4 Å². The van der Waals surface area contributed by atoms with Crippen LogP contribution in [-0.4, -0.2) is 36.6 Å². The van der Waals surface area contributed by atoms with Crippen molar-refractivity contribution < 1.29 is 27.0 Å². The molecule has 0 amide bonds. The summed E-state index contributed by atoms with van der Waals surface area (Å²) in [6, 6.07) is 0.841. The first-order valence-corrected chi connectivity index (χ1v) is 6.33. The van der Waals surface area contributed by atoms with Crippen LogP contribution in [0.3, 0.4) is 0 Å². The summed E-state index contributed by atoms with van der Waals surface area (Å²) in [5.41, 5.74) is 6.26. The molecule has 0 bridgehead atoms.